The summed E-state index contributed by atoms with van der Waals surface area (Å²) >= 11 is 0. The van der Waals surface area contributed by atoms with E-state index in [4.69, 9.17) is 18.9 Å². The molecule has 0 unspecified atom stereocenters. The number of carbonyl (C=O) groups is 2. The highest BCUT2D eigenvalue weighted by Gasteiger charge is 2.30. The second-order valence-electron chi connectivity index (χ2n) is 11.5. The zero-order valence-corrected chi connectivity index (χ0v) is 20.6. The molecule has 0 atom stereocenters. The van der Waals surface area contributed by atoms with Gasteiger partial charge in [-0.05, 0) is 64.5 Å². The molecule has 0 aliphatic rings. The van der Waals surface area contributed by atoms with Gasteiger partial charge in [-0.25, -0.2) is 9.59 Å². The lowest BCUT2D eigenvalue weighted by atomic mass is 9.81. The zero-order chi connectivity index (χ0) is 23.7. The average Bonchev–Trinajstić information content (AvgIpc) is 2.41. The van der Waals surface area contributed by atoms with Crippen LogP contribution in [0.5, 0.6) is 11.5 Å². The fourth-order valence-corrected chi connectivity index (χ4v) is 2.62. The molecule has 0 aliphatic carbocycles. The molecule has 0 heterocycles. The van der Waals surface area contributed by atoms with Crippen LogP contribution in [-0.2, 0) is 20.3 Å². The fourth-order valence-electron chi connectivity index (χ4n) is 2.62. The van der Waals surface area contributed by atoms with E-state index in [1.165, 1.54) is 0 Å². The molecule has 0 N–H and O–H groups in total. The first kappa shape index (κ1) is 25.8. The summed E-state index contributed by atoms with van der Waals surface area (Å²) in [4.78, 5) is 24.7. The van der Waals surface area contributed by atoms with Gasteiger partial charge in [-0.1, -0.05) is 41.5 Å². The van der Waals surface area contributed by atoms with Gasteiger partial charge in [0, 0.05) is 11.1 Å². The summed E-state index contributed by atoms with van der Waals surface area (Å²) in [6.45, 7) is 22.6. The van der Waals surface area contributed by atoms with Crippen LogP contribution in [0.25, 0.3) is 0 Å². The maximum Gasteiger partial charge on any atom is 0.514 e. The van der Waals surface area contributed by atoms with Crippen LogP contribution in [0.3, 0.4) is 0 Å². The van der Waals surface area contributed by atoms with Gasteiger partial charge in [-0.3, -0.25) is 0 Å². The molecule has 1 aromatic rings. The van der Waals surface area contributed by atoms with Gasteiger partial charge < -0.3 is 18.9 Å². The largest absolute Gasteiger partial charge is 0.514 e. The third kappa shape index (κ3) is 8.25. The highest BCUT2D eigenvalue weighted by atomic mass is 16.7. The molecule has 0 aliphatic heterocycles. The van der Waals surface area contributed by atoms with Gasteiger partial charge >= 0.3 is 12.3 Å². The van der Waals surface area contributed by atoms with Crippen LogP contribution in [0.4, 0.5) is 9.59 Å². The van der Waals surface area contributed by atoms with Crippen LogP contribution in [-0.4, -0.2) is 23.5 Å². The first-order valence-corrected chi connectivity index (χ1v) is 10.2. The Morgan fingerprint density at radius 1 is 0.567 bits per heavy atom. The maximum absolute atomic E-state index is 12.3. The molecule has 0 aromatic heterocycles. The van der Waals surface area contributed by atoms with Crippen LogP contribution in [0.15, 0.2) is 12.1 Å². The third-order valence-electron chi connectivity index (χ3n) is 3.86. The van der Waals surface area contributed by atoms with Crippen molar-refractivity contribution >= 4 is 12.3 Å². The van der Waals surface area contributed by atoms with Gasteiger partial charge in [-0.15, -0.1) is 0 Å². The van der Waals surface area contributed by atoms with Crippen LogP contribution in [0.2, 0.25) is 0 Å². The van der Waals surface area contributed by atoms with E-state index >= 15 is 0 Å². The summed E-state index contributed by atoms with van der Waals surface area (Å²) in [5.74, 6) is 0.747. The third-order valence-corrected chi connectivity index (χ3v) is 3.86. The lowest BCUT2D eigenvalue weighted by molar-refractivity contribution is 0.0180. The lowest BCUT2D eigenvalue weighted by Gasteiger charge is -2.29. The van der Waals surface area contributed by atoms with E-state index in [1.54, 1.807) is 53.7 Å². The van der Waals surface area contributed by atoms with E-state index in [9.17, 15) is 9.59 Å². The number of carbonyl (C=O) groups excluding carboxylic acids is 2. The smallest absolute Gasteiger partial charge is 0.428 e. The molecular weight excluding hydrogens is 384 g/mol. The van der Waals surface area contributed by atoms with Crippen molar-refractivity contribution in [1.82, 2.24) is 0 Å². The molecule has 6 heteroatoms. The first-order chi connectivity index (χ1) is 13.2. The normalized spacial score (nSPS) is 12.9. The Morgan fingerprint density at radius 3 is 1.03 bits per heavy atom. The molecule has 1 rings (SSSR count). The molecule has 0 saturated carbocycles. The Hall–Kier alpha value is -2.24. The fraction of sp³-hybridized carbons (Fsp3) is 0.667. The minimum absolute atomic E-state index is 0.373. The molecule has 30 heavy (non-hydrogen) atoms. The van der Waals surface area contributed by atoms with E-state index < -0.39 is 23.5 Å². The summed E-state index contributed by atoms with van der Waals surface area (Å²) in [6.07, 6.45) is -1.57. The Morgan fingerprint density at radius 2 is 0.833 bits per heavy atom. The van der Waals surface area contributed by atoms with Crippen LogP contribution in [0.1, 0.15) is 94.2 Å². The van der Waals surface area contributed by atoms with Crippen molar-refractivity contribution < 1.29 is 28.5 Å². The number of benzene rings is 1. The minimum Gasteiger partial charge on any atom is -0.428 e. The van der Waals surface area contributed by atoms with Gasteiger partial charge in [0.15, 0.2) is 0 Å². The van der Waals surface area contributed by atoms with E-state index in [-0.39, 0.29) is 10.8 Å². The monoisotopic (exact) mass is 422 g/mol. The maximum atomic E-state index is 12.3. The summed E-state index contributed by atoms with van der Waals surface area (Å²) in [5, 5.41) is 0. The predicted octanol–water partition coefficient (Wildman–Crippen LogP) is 6.91. The van der Waals surface area contributed by atoms with Crippen molar-refractivity contribution in [1.29, 1.82) is 0 Å². The van der Waals surface area contributed by atoms with Crippen molar-refractivity contribution in [2.24, 2.45) is 0 Å². The second kappa shape index (κ2) is 8.48. The van der Waals surface area contributed by atoms with E-state index in [0.717, 1.165) is 0 Å². The van der Waals surface area contributed by atoms with E-state index in [0.29, 0.717) is 22.6 Å². The van der Waals surface area contributed by atoms with Crippen molar-refractivity contribution in [3.63, 3.8) is 0 Å². The molecule has 0 radical (unpaired) electrons. The Balaban J connectivity index is 3.50. The van der Waals surface area contributed by atoms with Crippen LogP contribution < -0.4 is 9.47 Å². The predicted molar refractivity (Wildman–Crippen MR) is 118 cm³/mol. The minimum atomic E-state index is -0.784. The quantitative estimate of drug-likeness (QED) is 0.381. The summed E-state index contributed by atoms with van der Waals surface area (Å²) in [5.41, 5.74) is -0.712. The topological polar surface area (TPSA) is 71.1 Å². The molecule has 0 saturated heterocycles. The molecule has 6 nitrogen and oxygen atoms in total. The SMILES string of the molecule is CC(C)(C)OC(=O)Oc1cc(C(C)(C)C)c(OC(=O)OC(C)(C)C)cc1C(C)(C)C. The highest BCUT2D eigenvalue weighted by Crippen LogP contribution is 2.41. The summed E-state index contributed by atoms with van der Waals surface area (Å²) in [6, 6.07) is 3.48. The van der Waals surface area contributed by atoms with Gasteiger partial charge in [0.2, 0.25) is 0 Å². The van der Waals surface area contributed by atoms with Gasteiger partial charge in [0.25, 0.3) is 0 Å². The summed E-state index contributed by atoms with van der Waals surface area (Å²) < 4.78 is 21.8. The lowest BCUT2D eigenvalue weighted by Crippen LogP contribution is -2.28. The highest BCUT2D eigenvalue weighted by molar-refractivity contribution is 5.69. The van der Waals surface area contributed by atoms with E-state index in [1.807, 2.05) is 41.5 Å². The van der Waals surface area contributed by atoms with Gasteiger partial charge in [0.1, 0.15) is 22.7 Å². The second-order valence-corrected chi connectivity index (χ2v) is 11.5. The summed E-state index contributed by atoms with van der Waals surface area (Å²) in [7, 11) is 0. The van der Waals surface area contributed by atoms with E-state index in [2.05, 4.69) is 0 Å². The van der Waals surface area contributed by atoms with Crippen molar-refractivity contribution in [2.45, 2.75) is 105 Å². The Bertz CT molecular complexity index is 712. The van der Waals surface area contributed by atoms with Gasteiger partial charge in [0.05, 0.1) is 0 Å². The zero-order valence-electron chi connectivity index (χ0n) is 20.6. The Kier molecular flexibility index (Phi) is 7.29. The van der Waals surface area contributed by atoms with Crippen molar-refractivity contribution in [3.8, 4) is 11.5 Å². The first-order valence-electron chi connectivity index (χ1n) is 10.2. The van der Waals surface area contributed by atoms with Gasteiger partial charge in [-0.2, -0.15) is 0 Å². The van der Waals surface area contributed by atoms with Crippen molar-refractivity contribution in [3.05, 3.63) is 23.3 Å². The van der Waals surface area contributed by atoms with Crippen LogP contribution in [0, 0.1) is 0 Å². The number of rotatable bonds is 2. The molecule has 170 valence electrons. The average molecular weight is 423 g/mol. The number of hydrogen-bond acceptors (Lipinski definition) is 6. The number of ether oxygens (including phenoxy) is 4. The molecule has 1 aromatic carbocycles. The standard InChI is InChI=1S/C24H38O6/c1-21(2,3)15-13-18(28-20(26)30-24(10,11)12)16(22(4,5)6)14-17(15)27-19(25)29-23(7,8)9/h13-14H,1-12H3. The van der Waals surface area contributed by atoms with Crippen LogP contribution >= 0.6 is 0 Å². The molecule has 0 bridgehead atoms. The molecule has 0 amide bonds. The van der Waals surface area contributed by atoms with Crippen molar-refractivity contribution in [2.75, 3.05) is 0 Å². The number of hydrogen-bond donors (Lipinski definition) is 0. The molecule has 0 fully saturated rings. The Labute approximate surface area is 181 Å². The molecular formula is C24H38O6. The molecule has 0 spiro atoms.